The highest BCUT2D eigenvalue weighted by Crippen LogP contribution is 2.34. The molecule has 1 amide bonds. The lowest BCUT2D eigenvalue weighted by Crippen LogP contribution is -2.15. The van der Waals surface area contributed by atoms with Gasteiger partial charge in [0.15, 0.2) is 6.79 Å². The van der Waals surface area contributed by atoms with Crippen LogP contribution in [0.4, 0.5) is 10.1 Å². The monoisotopic (exact) mass is 360 g/mol. The molecule has 3 rings (SSSR count). The summed E-state index contributed by atoms with van der Waals surface area (Å²) in [6.07, 6.45) is 0.569. The van der Waals surface area contributed by atoms with E-state index in [2.05, 4.69) is 4.98 Å². The van der Waals surface area contributed by atoms with E-state index in [4.69, 9.17) is 9.47 Å². The van der Waals surface area contributed by atoms with Crippen LogP contribution in [0.25, 0.3) is 20.8 Å². The van der Waals surface area contributed by atoms with E-state index in [0.29, 0.717) is 29.3 Å². The first-order valence-corrected chi connectivity index (χ1v) is 8.53. The summed E-state index contributed by atoms with van der Waals surface area (Å²) in [6.45, 7) is 2.69. The Bertz CT molecular complexity index is 897. The van der Waals surface area contributed by atoms with Crippen molar-refractivity contribution in [2.45, 2.75) is 6.92 Å². The molecule has 3 aromatic rings. The minimum absolute atomic E-state index is 0.199. The first kappa shape index (κ1) is 17.3. The number of nitrogens with zero attached hydrogens (tertiary/aromatic N) is 2. The molecular weight excluding hydrogens is 343 g/mol. The van der Waals surface area contributed by atoms with Crippen LogP contribution in [0.5, 0.6) is 5.75 Å². The average molecular weight is 360 g/mol. The van der Waals surface area contributed by atoms with E-state index < -0.39 is 5.82 Å². The lowest BCUT2D eigenvalue weighted by atomic mass is 10.2. The summed E-state index contributed by atoms with van der Waals surface area (Å²) in [5.74, 6) is 0.234. The SMILES string of the molecule is CCOCOc1ccc2nc(-c3ccc(N(C)C=O)c(F)c3)sc2c1. The van der Waals surface area contributed by atoms with Gasteiger partial charge in [0, 0.05) is 19.2 Å². The molecule has 5 nitrogen and oxygen atoms in total. The van der Waals surface area contributed by atoms with Crippen molar-refractivity contribution in [3.63, 3.8) is 0 Å². The van der Waals surface area contributed by atoms with Crippen molar-refractivity contribution in [1.82, 2.24) is 4.98 Å². The van der Waals surface area contributed by atoms with Gasteiger partial charge >= 0.3 is 0 Å². The normalized spacial score (nSPS) is 10.8. The summed E-state index contributed by atoms with van der Waals surface area (Å²) in [4.78, 5) is 16.5. The van der Waals surface area contributed by atoms with Crippen LogP contribution in [0.3, 0.4) is 0 Å². The van der Waals surface area contributed by atoms with Crippen molar-refractivity contribution in [3.8, 4) is 16.3 Å². The number of thiazole rings is 1. The summed E-state index contributed by atoms with van der Waals surface area (Å²) in [5, 5.41) is 0.705. The zero-order chi connectivity index (χ0) is 17.8. The van der Waals surface area contributed by atoms with E-state index in [9.17, 15) is 9.18 Å². The van der Waals surface area contributed by atoms with E-state index in [1.807, 2.05) is 25.1 Å². The number of aromatic nitrogens is 1. The summed E-state index contributed by atoms with van der Waals surface area (Å²) in [6, 6.07) is 10.3. The van der Waals surface area contributed by atoms with E-state index >= 15 is 0 Å². The predicted molar refractivity (Wildman–Crippen MR) is 96.6 cm³/mol. The van der Waals surface area contributed by atoms with Crippen LogP contribution < -0.4 is 9.64 Å². The standard InChI is InChI=1S/C18H17FN2O3S/c1-3-23-11-24-13-5-6-15-17(9-13)25-18(20-15)12-4-7-16(14(19)8-12)21(2)10-22/h4-10H,3,11H2,1-2H3. The van der Waals surface area contributed by atoms with Crippen LogP contribution in [-0.2, 0) is 9.53 Å². The molecule has 0 N–H and O–H groups in total. The van der Waals surface area contributed by atoms with Crippen LogP contribution in [-0.4, -0.2) is 31.8 Å². The van der Waals surface area contributed by atoms with Gasteiger partial charge in [-0.25, -0.2) is 9.37 Å². The summed E-state index contributed by atoms with van der Waals surface area (Å²) in [7, 11) is 1.51. The first-order chi connectivity index (χ1) is 12.1. The van der Waals surface area contributed by atoms with Gasteiger partial charge in [-0.2, -0.15) is 0 Å². The Morgan fingerprint density at radius 2 is 2.12 bits per heavy atom. The minimum atomic E-state index is -0.466. The molecule has 2 aromatic carbocycles. The zero-order valence-corrected chi connectivity index (χ0v) is 14.7. The Hall–Kier alpha value is -2.51. The van der Waals surface area contributed by atoms with Gasteiger partial charge in [0.1, 0.15) is 16.6 Å². The van der Waals surface area contributed by atoms with Crippen molar-refractivity contribution in [1.29, 1.82) is 0 Å². The molecule has 0 spiro atoms. The van der Waals surface area contributed by atoms with Gasteiger partial charge in [-0.05, 0) is 43.3 Å². The molecule has 0 bridgehead atoms. The number of carbonyl (C=O) groups is 1. The summed E-state index contributed by atoms with van der Waals surface area (Å²) in [5.41, 5.74) is 1.71. The molecule has 0 aliphatic carbocycles. The van der Waals surface area contributed by atoms with Gasteiger partial charge in [-0.15, -0.1) is 11.3 Å². The molecule has 0 atom stereocenters. The molecule has 0 aliphatic rings. The number of ether oxygens (including phenoxy) is 2. The average Bonchev–Trinajstić information content (AvgIpc) is 3.04. The summed E-state index contributed by atoms with van der Waals surface area (Å²) < 4.78 is 25.8. The minimum Gasteiger partial charge on any atom is -0.468 e. The number of anilines is 1. The number of benzene rings is 2. The second-order valence-electron chi connectivity index (χ2n) is 5.29. The molecule has 0 saturated heterocycles. The number of fused-ring (bicyclic) bond motifs is 1. The smallest absolute Gasteiger partial charge is 0.213 e. The molecule has 0 unspecified atom stereocenters. The van der Waals surface area contributed by atoms with Gasteiger partial charge in [-0.3, -0.25) is 4.79 Å². The number of hydrogen-bond donors (Lipinski definition) is 0. The lowest BCUT2D eigenvalue weighted by molar-refractivity contribution is -0.107. The van der Waals surface area contributed by atoms with Crippen molar-refractivity contribution in [2.75, 3.05) is 25.3 Å². The molecule has 1 aromatic heterocycles. The number of rotatable bonds is 7. The van der Waals surface area contributed by atoms with Crippen LogP contribution >= 0.6 is 11.3 Å². The van der Waals surface area contributed by atoms with Gasteiger partial charge < -0.3 is 14.4 Å². The number of halogens is 1. The maximum Gasteiger partial charge on any atom is 0.213 e. The van der Waals surface area contributed by atoms with Crippen molar-refractivity contribution in [2.24, 2.45) is 0 Å². The van der Waals surface area contributed by atoms with Gasteiger partial charge in [0.05, 0.1) is 15.9 Å². The van der Waals surface area contributed by atoms with E-state index in [1.54, 1.807) is 12.1 Å². The Kier molecular flexibility index (Phi) is 5.25. The predicted octanol–water partition coefficient (Wildman–Crippen LogP) is 4.07. The number of carbonyl (C=O) groups excluding carboxylic acids is 1. The molecular formula is C18H17FN2O3S. The maximum atomic E-state index is 14.2. The summed E-state index contributed by atoms with van der Waals surface area (Å²) >= 11 is 1.45. The van der Waals surface area contributed by atoms with Crippen molar-refractivity contribution >= 4 is 33.7 Å². The highest BCUT2D eigenvalue weighted by molar-refractivity contribution is 7.21. The van der Waals surface area contributed by atoms with Crippen LogP contribution in [0.15, 0.2) is 36.4 Å². The van der Waals surface area contributed by atoms with E-state index in [-0.39, 0.29) is 12.5 Å². The van der Waals surface area contributed by atoms with Crippen LogP contribution in [0, 0.1) is 5.82 Å². The van der Waals surface area contributed by atoms with Crippen LogP contribution in [0.2, 0.25) is 0 Å². The third kappa shape index (κ3) is 3.78. The van der Waals surface area contributed by atoms with Gasteiger partial charge in [-0.1, -0.05) is 0 Å². The quantitative estimate of drug-likeness (QED) is 0.362. The molecule has 0 saturated carbocycles. The topological polar surface area (TPSA) is 51.7 Å². The lowest BCUT2D eigenvalue weighted by Gasteiger charge is -2.11. The Labute approximate surface area is 148 Å². The van der Waals surface area contributed by atoms with Gasteiger partial charge in [0.2, 0.25) is 6.41 Å². The molecule has 130 valence electrons. The second-order valence-corrected chi connectivity index (χ2v) is 6.32. The van der Waals surface area contributed by atoms with E-state index in [1.165, 1.54) is 29.4 Å². The largest absolute Gasteiger partial charge is 0.468 e. The highest BCUT2D eigenvalue weighted by atomic mass is 32.1. The zero-order valence-electron chi connectivity index (χ0n) is 13.9. The third-order valence-corrected chi connectivity index (χ3v) is 4.67. The Morgan fingerprint density at radius 3 is 2.84 bits per heavy atom. The van der Waals surface area contributed by atoms with Crippen molar-refractivity contribution in [3.05, 3.63) is 42.2 Å². The fourth-order valence-electron chi connectivity index (χ4n) is 2.29. The molecule has 0 fully saturated rings. The third-order valence-electron chi connectivity index (χ3n) is 3.61. The maximum absolute atomic E-state index is 14.2. The number of hydrogen-bond acceptors (Lipinski definition) is 5. The molecule has 0 radical (unpaired) electrons. The van der Waals surface area contributed by atoms with Crippen LogP contribution in [0.1, 0.15) is 6.92 Å². The molecule has 0 aliphatic heterocycles. The fourth-order valence-corrected chi connectivity index (χ4v) is 3.28. The van der Waals surface area contributed by atoms with E-state index in [0.717, 1.165) is 10.2 Å². The van der Waals surface area contributed by atoms with Crippen molar-refractivity contribution < 1.29 is 18.7 Å². The second kappa shape index (κ2) is 7.58. The highest BCUT2D eigenvalue weighted by Gasteiger charge is 2.12. The van der Waals surface area contributed by atoms with Gasteiger partial charge in [0.25, 0.3) is 0 Å². The Balaban J connectivity index is 1.88. The molecule has 25 heavy (non-hydrogen) atoms. The number of amides is 1. The molecule has 1 heterocycles. The fraction of sp³-hybridized carbons (Fsp3) is 0.222. The first-order valence-electron chi connectivity index (χ1n) is 7.71. The molecule has 7 heteroatoms. The Morgan fingerprint density at radius 1 is 1.28 bits per heavy atom.